The van der Waals surface area contributed by atoms with Crippen LogP contribution >= 0.6 is 0 Å². The Morgan fingerprint density at radius 1 is 1.41 bits per heavy atom. The Kier molecular flexibility index (Phi) is 2.37. The number of nitriles is 1. The number of nitrogens with zero attached hydrogens (tertiary/aromatic N) is 3. The molecular formula is C13H11N3O. The number of benzene rings is 1. The van der Waals surface area contributed by atoms with Gasteiger partial charge in [0.2, 0.25) is 5.89 Å². The maximum Gasteiger partial charge on any atom is 0.240 e. The summed E-state index contributed by atoms with van der Waals surface area (Å²) in [6.07, 6.45) is 2.26. The zero-order chi connectivity index (χ0) is 11.7. The quantitative estimate of drug-likeness (QED) is 0.786. The third-order valence-corrected chi connectivity index (χ3v) is 3.16. The van der Waals surface area contributed by atoms with E-state index in [9.17, 15) is 0 Å². The standard InChI is InChI=1S/C13H11N3O/c14-8-7-12-15-13(16-17-12)11-6-5-9-3-1-2-4-10(9)11/h1-4,11H,5-7H2. The third kappa shape index (κ3) is 1.70. The minimum Gasteiger partial charge on any atom is -0.338 e. The van der Waals surface area contributed by atoms with E-state index < -0.39 is 0 Å². The molecule has 1 unspecified atom stereocenters. The van der Waals surface area contributed by atoms with E-state index in [0.29, 0.717) is 11.7 Å². The third-order valence-electron chi connectivity index (χ3n) is 3.16. The van der Waals surface area contributed by atoms with Gasteiger partial charge in [-0.2, -0.15) is 10.2 Å². The lowest BCUT2D eigenvalue weighted by atomic mass is 10.0. The second-order valence-corrected chi connectivity index (χ2v) is 4.17. The maximum absolute atomic E-state index is 8.57. The number of hydrogen-bond acceptors (Lipinski definition) is 4. The van der Waals surface area contributed by atoms with Gasteiger partial charge in [-0.3, -0.25) is 0 Å². The van der Waals surface area contributed by atoms with E-state index in [0.717, 1.165) is 12.8 Å². The van der Waals surface area contributed by atoms with Crippen molar-refractivity contribution in [2.24, 2.45) is 0 Å². The average molecular weight is 225 g/mol. The first-order chi connectivity index (χ1) is 8.38. The maximum atomic E-state index is 8.57. The van der Waals surface area contributed by atoms with Crippen molar-refractivity contribution in [1.82, 2.24) is 10.1 Å². The largest absolute Gasteiger partial charge is 0.338 e. The van der Waals surface area contributed by atoms with E-state index in [-0.39, 0.29) is 12.3 Å². The summed E-state index contributed by atoms with van der Waals surface area (Å²) in [6.45, 7) is 0. The molecule has 0 N–H and O–H groups in total. The van der Waals surface area contributed by atoms with Crippen LogP contribution in [0, 0.1) is 11.3 Å². The molecule has 0 bridgehead atoms. The fraction of sp³-hybridized carbons (Fsp3) is 0.308. The van der Waals surface area contributed by atoms with Gasteiger partial charge >= 0.3 is 0 Å². The van der Waals surface area contributed by atoms with E-state index >= 15 is 0 Å². The van der Waals surface area contributed by atoms with Gasteiger partial charge in [-0.05, 0) is 24.0 Å². The van der Waals surface area contributed by atoms with Gasteiger partial charge in [-0.25, -0.2) is 0 Å². The van der Waals surface area contributed by atoms with Crippen molar-refractivity contribution in [1.29, 1.82) is 5.26 Å². The molecule has 0 aliphatic heterocycles. The molecule has 0 radical (unpaired) electrons. The topological polar surface area (TPSA) is 62.7 Å². The summed E-state index contributed by atoms with van der Waals surface area (Å²) < 4.78 is 5.05. The van der Waals surface area contributed by atoms with Gasteiger partial charge in [0, 0.05) is 5.92 Å². The van der Waals surface area contributed by atoms with Crippen LogP contribution in [0.3, 0.4) is 0 Å². The highest BCUT2D eigenvalue weighted by Crippen LogP contribution is 2.36. The highest BCUT2D eigenvalue weighted by Gasteiger charge is 2.27. The summed E-state index contributed by atoms with van der Waals surface area (Å²) in [7, 11) is 0. The first-order valence-electron chi connectivity index (χ1n) is 5.65. The SMILES string of the molecule is N#CCc1nc(C2CCc3ccccc32)no1. The van der Waals surface area contributed by atoms with Crippen LogP contribution in [0.1, 0.15) is 35.2 Å². The second-order valence-electron chi connectivity index (χ2n) is 4.17. The molecule has 0 saturated carbocycles. The lowest BCUT2D eigenvalue weighted by Crippen LogP contribution is -1.98. The molecule has 1 heterocycles. The molecule has 3 rings (SSSR count). The van der Waals surface area contributed by atoms with Crippen LogP contribution in [0.2, 0.25) is 0 Å². The van der Waals surface area contributed by atoms with E-state index in [1.54, 1.807) is 0 Å². The van der Waals surface area contributed by atoms with Crippen LogP contribution in [0.5, 0.6) is 0 Å². The molecule has 4 nitrogen and oxygen atoms in total. The average Bonchev–Trinajstić information content (AvgIpc) is 2.95. The Balaban J connectivity index is 1.93. The molecule has 0 amide bonds. The predicted octanol–water partition coefficient (Wildman–Crippen LogP) is 2.21. The summed E-state index contributed by atoms with van der Waals surface area (Å²) in [6, 6.07) is 10.4. The van der Waals surface area contributed by atoms with E-state index in [1.807, 2.05) is 12.1 Å². The Morgan fingerprint density at radius 3 is 3.18 bits per heavy atom. The molecule has 2 aromatic rings. The molecule has 1 aliphatic carbocycles. The number of hydrogen-bond donors (Lipinski definition) is 0. The predicted molar refractivity (Wildman–Crippen MR) is 60.2 cm³/mol. The van der Waals surface area contributed by atoms with E-state index in [2.05, 4.69) is 28.3 Å². The molecule has 4 heteroatoms. The Hall–Kier alpha value is -2.15. The number of aryl methyl sites for hydroxylation is 1. The number of aromatic nitrogens is 2. The monoisotopic (exact) mass is 225 g/mol. The van der Waals surface area contributed by atoms with E-state index in [4.69, 9.17) is 9.78 Å². The Morgan fingerprint density at radius 2 is 2.29 bits per heavy atom. The van der Waals surface area contributed by atoms with Crippen molar-refractivity contribution in [3.8, 4) is 6.07 Å². The fourth-order valence-electron chi connectivity index (χ4n) is 2.37. The van der Waals surface area contributed by atoms with Crippen LogP contribution in [0.15, 0.2) is 28.8 Å². The molecule has 0 spiro atoms. The minimum absolute atomic E-state index is 0.182. The van der Waals surface area contributed by atoms with Gasteiger partial charge in [-0.1, -0.05) is 29.4 Å². The molecule has 0 saturated heterocycles. The molecule has 1 aromatic heterocycles. The van der Waals surface area contributed by atoms with Crippen molar-refractivity contribution in [3.05, 3.63) is 47.1 Å². The molecule has 17 heavy (non-hydrogen) atoms. The van der Waals surface area contributed by atoms with E-state index in [1.165, 1.54) is 11.1 Å². The molecular weight excluding hydrogens is 214 g/mol. The Bertz CT molecular complexity index is 582. The van der Waals surface area contributed by atoms with Crippen LogP contribution in [0.25, 0.3) is 0 Å². The summed E-state index contributed by atoms with van der Waals surface area (Å²) in [5.41, 5.74) is 2.65. The minimum atomic E-state index is 0.182. The van der Waals surface area contributed by atoms with Crippen molar-refractivity contribution in [2.75, 3.05) is 0 Å². The van der Waals surface area contributed by atoms with Crippen LogP contribution in [-0.4, -0.2) is 10.1 Å². The summed E-state index contributed by atoms with van der Waals surface area (Å²) in [5.74, 6) is 1.34. The molecule has 84 valence electrons. The zero-order valence-corrected chi connectivity index (χ0v) is 9.26. The van der Waals surface area contributed by atoms with Crippen molar-refractivity contribution in [3.63, 3.8) is 0 Å². The molecule has 1 aliphatic rings. The highest BCUT2D eigenvalue weighted by molar-refractivity contribution is 5.38. The van der Waals surface area contributed by atoms with Gasteiger partial charge in [0.05, 0.1) is 6.07 Å². The first kappa shape index (κ1) is 10.0. The molecule has 1 atom stereocenters. The summed E-state index contributed by atoms with van der Waals surface area (Å²) in [5, 5.41) is 12.6. The van der Waals surface area contributed by atoms with Crippen LogP contribution < -0.4 is 0 Å². The fourth-order valence-corrected chi connectivity index (χ4v) is 2.37. The van der Waals surface area contributed by atoms with Crippen molar-refractivity contribution >= 4 is 0 Å². The Labute approximate surface area is 98.9 Å². The zero-order valence-electron chi connectivity index (χ0n) is 9.26. The normalized spacial score (nSPS) is 17.7. The lowest BCUT2D eigenvalue weighted by molar-refractivity contribution is 0.379. The summed E-state index contributed by atoms with van der Waals surface area (Å²) in [4.78, 5) is 4.28. The first-order valence-corrected chi connectivity index (χ1v) is 5.65. The smallest absolute Gasteiger partial charge is 0.240 e. The van der Waals surface area contributed by atoms with Gasteiger partial charge in [-0.15, -0.1) is 0 Å². The van der Waals surface area contributed by atoms with Gasteiger partial charge in [0.15, 0.2) is 5.82 Å². The second kappa shape index (κ2) is 4.02. The number of fused-ring (bicyclic) bond motifs is 1. The molecule has 1 aromatic carbocycles. The van der Waals surface area contributed by atoms with Crippen molar-refractivity contribution in [2.45, 2.75) is 25.2 Å². The highest BCUT2D eigenvalue weighted by atomic mass is 16.5. The molecule has 0 fully saturated rings. The number of rotatable bonds is 2. The van der Waals surface area contributed by atoms with Crippen LogP contribution in [-0.2, 0) is 12.8 Å². The van der Waals surface area contributed by atoms with Gasteiger partial charge < -0.3 is 4.52 Å². The van der Waals surface area contributed by atoms with Crippen molar-refractivity contribution < 1.29 is 4.52 Å². The van der Waals surface area contributed by atoms with Crippen LogP contribution in [0.4, 0.5) is 0 Å². The van der Waals surface area contributed by atoms with Gasteiger partial charge in [0.25, 0.3) is 0 Å². The van der Waals surface area contributed by atoms with Gasteiger partial charge in [0.1, 0.15) is 6.42 Å². The summed E-state index contributed by atoms with van der Waals surface area (Å²) >= 11 is 0. The lowest BCUT2D eigenvalue weighted by Gasteiger charge is -2.05.